The summed E-state index contributed by atoms with van der Waals surface area (Å²) >= 11 is 11.9. The molecule has 0 unspecified atom stereocenters. The third-order valence-corrected chi connectivity index (χ3v) is 6.83. The monoisotopic (exact) mass is 505 g/mol. The molecular formula is C23H22Cl2FN5O3. The van der Waals surface area contributed by atoms with E-state index in [4.69, 9.17) is 32.7 Å². The number of carbonyl (C=O) groups excluding carboxylic acids is 1. The smallest absolute Gasteiger partial charge is 0.415 e. The highest BCUT2D eigenvalue weighted by Gasteiger charge is 2.54. The molecule has 8 nitrogen and oxygen atoms in total. The van der Waals surface area contributed by atoms with Gasteiger partial charge in [0.2, 0.25) is 0 Å². The molecule has 34 heavy (non-hydrogen) atoms. The molecule has 5 rings (SSSR count). The van der Waals surface area contributed by atoms with E-state index in [-0.39, 0.29) is 15.7 Å². The Morgan fingerprint density at radius 3 is 2.76 bits per heavy atom. The standard InChI is InChI=1S/C23H22Cl2FN5O3/c1-3-6-30-9-23(10-30)11-31(22(32)34-23)17-7-13-16(8-18(17)33-2)27-12-28-21(13)29-15-5-4-14(24)19(25)20(15)26/h4-5,7-8,12H,3,6,9-11H2,1-2H3,(H,27,28,29). The normalized spacial score (nSPS) is 17.2. The fourth-order valence-corrected chi connectivity index (χ4v) is 4.82. The minimum absolute atomic E-state index is 0.108. The van der Waals surface area contributed by atoms with Gasteiger partial charge in [-0.1, -0.05) is 30.1 Å². The van der Waals surface area contributed by atoms with Crippen LogP contribution in [-0.2, 0) is 4.74 Å². The Morgan fingerprint density at radius 1 is 1.24 bits per heavy atom. The van der Waals surface area contributed by atoms with Crippen LogP contribution in [0.1, 0.15) is 13.3 Å². The SMILES string of the molecule is CCCN1CC2(C1)CN(c1cc3c(Nc4ccc(Cl)c(Cl)c4F)ncnc3cc1OC)C(=O)O2. The summed E-state index contributed by atoms with van der Waals surface area (Å²) in [6, 6.07) is 6.43. The van der Waals surface area contributed by atoms with Gasteiger partial charge in [-0.3, -0.25) is 9.80 Å². The average Bonchev–Trinajstić information content (AvgIpc) is 3.15. The summed E-state index contributed by atoms with van der Waals surface area (Å²) in [7, 11) is 1.53. The number of halogens is 3. The highest BCUT2D eigenvalue weighted by Crippen LogP contribution is 2.41. The first-order valence-corrected chi connectivity index (χ1v) is 11.6. The van der Waals surface area contributed by atoms with Crippen LogP contribution in [0.5, 0.6) is 5.75 Å². The van der Waals surface area contributed by atoms with Crippen molar-refractivity contribution in [3.05, 3.63) is 46.5 Å². The Balaban J connectivity index is 1.51. The predicted molar refractivity (Wildman–Crippen MR) is 129 cm³/mol. The Kier molecular flexibility index (Phi) is 5.87. The highest BCUT2D eigenvalue weighted by atomic mass is 35.5. The topological polar surface area (TPSA) is 79.8 Å². The molecule has 1 N–H and O–H groups in total. The molecule has 2 aliphatic rings. The molecule has 1 amide bonds. The van der Waals surface area contributed by atoms with Crippen LogP contribution in [0, 0.1) is 5.82 Å². The van der Waals surface area contributed by atoms with Gasteiger partial charge in [0.25, 0.3) is 0 Å². The summed E-state index contributed by atoms with van der Waals surface area (Å²) in [6.07, 6.45) is 1.96. The second kappa shape index (κ2) is 8.72. The molecule has 3 heterocycles. The van der Waals surface area contributed by atoms with Crippen molar-refractivity contribution < 1.29 is 18.7 Å². The number of fused-ring (bicyclic) bond motifs is 1. The van der Waals surface area contributed by atoms with Gasteiger partial charge in [0.1, 0.15) is 17.9 Å². The molecule has 2 aromatic carbocycles. The summed E-state index contributed by atoms with van der Waals surface area (Å²) in [5.41, 5.74) is 0.664. The Bertz CT molecular complexity index is 1290. The maximum atomic E-state index is 14.6. The molecule has 3 aromatic rings. The molecule has 1 aromatic heterocycles. The summed E-state index contributed by atoms with van der Waals surface area (Å²) in [4.78, 5) is 25.3. The Labute approximate surface area is 205 Å². The number of nitrogens with zero attached hydrogens (tertiary/aromatic N) is 4. The number of nitrogens with one attached hydrogen (secondary N) is 1. The maximum Gasteiger partial charge on any atom is 0.415 e. The predicted octanol–water partition coefficient (Wildman–Crippen LogP) is 5.25. The van der Waals surface area contributed by atoms with Gasteiger partial charge in [0.05, 0.1) is 40.6 Å². The van der Waals surface area contributed by atoms with E-state index in [1.807, 2.05) is 0 Å². The molecule has 0 aliphatic carbocycles. The molecule has 0 atom stereocenters. The van der Waals surface area contributed by atoms with Crippen LogP contribution in [0.3, 0.4) is 0 Å². The van der Waals surface area contributed by atoms with Crippen molar-refractivity contribution >= 4 is 57.4 Å². The van der Waals surface area contributed by atoms with Gasteiger partial charge in [-0.05, 0) is 31.2 Å². The lowest BCUT2D eigenvalue weighted by molar-refractivity contribution is -0.0720. The lowest BCUT2D eigenvalue weighted by Gasteiger charge is -2.45. The van der Waals surface area contributed by atoms with E-state index in [2.05, 4.69) is 27.1 Å². The second-order valence-electron chi connectivity index (χ2n) is 8.46. The first-order valence-electron chi connectivity index (χ1n) is 10.8. The molecule has 0 radical (unpaired) electrons. The lowest BCUT2D eigenvalue weighted by Crippen LogP contribution is -2.63. The number of methoxy groups -OCH3 is 1. The highest BCUT2D eigenvalue weighted by molar-refractivity contribution is 6.42. The van der Waals surface area contributed by atoms with Gasteiger partial charge >= 0.3 is 6.09 Å². The minimum atomic E-state index is -0.693. The average molecular weight is 506 g/mol. The van der Waals surface area contributed by atoms with E-state index in [0.717, 1.165) is 13.0 Å². The van der Waals surface area contributed by atoms with Crippen molar-refractivity contribution in [1.29, 1.82) is 0 Å². The van der Waals surface area contributed by atoms with E-state index < -0.39 is 17.5 Å². The lowest BCUT2D eigenvalue weighted by atomic mass is 9.93. The van der Waals surface area contributed by atoms with Crippen molar-refractivity contribution in [3.8, 4) is 5.75 Å². The van der Waals surface area contributed by atoms with Gasteiger partial charge in [-0.15, -0.1) is 0 Å². The van der Waals surface area contributed by atoms with Crippen LogP contribution in [-0.4, -0.2) is 59.9 Å². The molecule has 2 saturated heterocycles. The number of benzene rings is 2. The molecule has 11 heteroatoms. The van der Waals surface area contributed by atoms with Crippen molar-refractivity contribution in [2.45, 2.75) is 18.9 Å². The van der Waals surface area contributed by atoms with E-state index in [1.54, 1.807) is 17.0 Å². The fourth-order valence-electron chi connectivity index (χ4n) is 4.51. The number of anilines is 3. The number of ether oxygens (including phenoxy) is 2. The van der Waals surface area contributed by atoms with Crippen LogP contribution < -0.4 is 15.0 Å². The van der Waals surface area contributed by atoms with E-state index in [0.29, 0.717) is 47.8 Å². The molecule has 2 fully saturated rings. The first kappa shape index (κ1) is 22.9. The number of likely N-dealkylation sites (tertiary alicyclic amines) is 1. The van der Waals surface area contributed by atoms with E-state index in [1.165, 1.54) is 25.6 Å². The van der Waals surface area contributed by atoms with Crippen LogP contribution in [0.15, 0.2) is 30.6 Å². The number of hydrogen-bond acceptors (Lipinski definition) is 7. The Morgan fingerprint density at radius 2 is 2.03 bits per heavy atom. The van der Waals surface area contributed by atoms with Crippen molar-refractivity contribution in [1.82, 2.24) is 14.9 Å². The third-order valence-electron chi connectivity index (χ3n) is 6.05. The fraction of sp³-hybridized carbons (Fsp3) is 0.348. The molecule has 178 valence electrons. The zero-order valence-electron chi connectivity index (χ0n) is 18.6. The van der Waals surface area contributed by atoms with Gasteiger partial charge in [0.15, 0.2) is 11.4 Å². The third kappa shape index (κ3) is 3.87. The van der Waals surface area contributed by atoms with Crippen molar-refractivity contribution in [2.75, 3.05) is 43.5 Å². The van der Waals surface area contributed by atoms with E-state index >= 15 is 0 Å². The summed E-state index contributed by atoms with van der Waals surface area (Å²) < 4.78 is 26.0. The van der Waals surface area contributed by atoms with Crippen molar-refractivity contribution in [3.63, 3.8) is 0 Å². The number of aromatic nitrogens is 2. The van der Waals surface area contributed by atoms with Crippen LogP contribution in [0.2, 0.25) is 10.0 Å². The Hall–Kier alpha value is -2.88. The van der Waals surface area contributed by atoms with Crippen LogP contribution in [0.25, 0.3) is 10.9 Å². The molecule has 2 aliphatic heterocycles. The minimum Gasteiger partial charge on any atom is -0.494 e. The number of hydrogen-bond donors (Lipinski definition) is 1. The summed E-state index contributed by atoms with van der Waals surface area (Å²) in [5, 5.41) is 3.45. The number of amides is 1. The van der Waals surface area contributed by atoms with Gasteiger partial charge in [-0.2, -0.15) is 0 Å². The largest absolute Gasteiger partial charge is 0.494 e. The maximum absolute atomic E-state index is 14.6. The van der Waals surface area contributed by atoms with Gasteiger partial charge in [-0.25, -0.2) is 19.2 Å². The molecule has 0 bridgehead atoms. The number of carbonyl (C=O) groups is 1. The van der Waals surface area contributed by atoms with Crippen LogP contribution in [0.4, 0.5) is 26.4 Å². The molecule has 1 spiro atoms. The molecule has 0 saturated carbocycles. The van der Waals surface area contributed by atoms with Crippen molar-refractivity contribution in [2.24, 2.45) is 0 Å². The first-order chi connectivity index (χ1) is 16.3. The summed E-state index contributed by atoms with van der Waals surface area (Å²) in [5.74, 6) is 0.115. The van der Waals surface area contributed by atoms with Crippen LogP contribution >= 0.6 is 23.2 Å². The zero-order valence-corrected chi connectivity index (χ0v) is 20.1. The van der Waals surface area contributed by atoms with Gasteiger partial charge in [0, 0.05) is 24.5 Å². The molecular weight excluding hydrogens is 484 g/mol. The quantitative estimate of drug-likeness (QED) is 0.458. The second-order valence-corrected chi connectivity index (χ2v) is 9.24. The van der Waals surface area contributed by atoms with E-state index in [9.17, 15) is 9.18 Å². The zero-order chi connectivity index (χ0) is 24.0. The summed E-state index contributed by atoms with van der Waals surface area (Å²) in [6.45, 7) is 4.90. The number of rotatable bonds is 6. The van der Waals surface area contributed by atoms with Gasteiger partial charge < -0.3 is 14.8 Å².